The summed E-state index contributed by atoms with van der Waals surface area (Å²) < 4.78 is 11.7. The highest BCUT2D eigenvalue weighted by atomic mass is 16.6. The number of benzene rings is 2. The third-order valence-electron chi connectivity index (χ3n) is 7.30. The molecule has 168 valence electrons. The van der Waals surface area contributed by atoms with Crippen molar-refractivity contribution in [3.05, 3.63) is 59.7 Å². The second kappa shape index (κ2) is 9.07. The highest BCUT2D eigenvalue weighted by Gasteiger charge is 2.44. The Balaban J connectivity index is 1.28. The van der Waals surface area contributed by atoms with Crippen molar-refractivity contribution < 1.29 is 19.1 Å². The van der Waals surface area contributed by atoms with Gasteiger partial charge in [0.2, 0.25) is 0 Å². The first-order chi connectivity index (χ1) is 15.7. The predicted octanol–water partition coefficient (Wildman–Crippen LogP) is 5.17. The van der Waals surface area contributed by atoms with Crippen LogP contribution in [0.2, 0.25) is 0 Å². The molecule has 1 aliphatic carbocycles. The Kier molecular flexibility index (Phi) is 6.01. The van der Waals surface area contributed by atoms with Gasteiger partial charge in [-0.3, -0.25) is 9.69 Å². The molecule has 0 saturated carbocycles. The quantitative estimate of drug-likeness (QED) is 0.630. The van der Waals surface area contributed by atoms with Gasteiger partial charge in [0.1, 0.15) is 12.4 Å². The predicted molar refractivity (Wildman–Crippen MR) is 123 cm³/mol. The van der Waals surface area contributed by atoms with Crippen molar-refractivity contribution in [3.8, 4) is 11.1 Å². The van der Waals surface area contributed by atoms with Crippen molar-refractivity contribution >= 4 is 11.9 Å². The van der Waals surface area contributed by atoms with Crippen LogP contribution in [0.4, 0.5) is 4.79 Å². The van der Waals surface area contributed by atoms with Crippen LogP contribution >= 0.6 is 0 Å². The second-order valence-electron chi connectivity index (χ2n) is 9.29. The first kappa shape index (κ1) is 21.2. The van der Waals surface area contributed by atoms with Crippen LogP contribution in [-0.4, -0.2) is 48.7 Å². The second-order valence-corrected chi connectivity index (χ2v) is 9.29. The highest BCUT2D eigenvalue weighted by Crippen LogP contribution is 2.44. The van der Waals surface area contributed by atoms with Gasteiger partial charge in [-0.2, -0.15) is 0 Å². The van der Waals surface area contributed by atoms with Gasteiger partial charge in [-0.15, -0.1) is 0 Å². The maximum atomic E-state index is 13.2. The largest absolute Gasteiger partial charge is 0.448 e. The topological polar surface area (TPSA) is 55.8 Å². The van der Waals surface area contributed by atoms with E-state index in [4.69, 9.17) is 9.47 Å². The number of piperidine rings is 1. The lowest BCUT2D eigenvalue weighted by molar-refractivity contribution is -0.131. The number of Topliss-reactive ketones (excluding diaryl/α,β-unsaturated/α-hetero) is 1. The van der Waals surface area contributed by atoms with Crippen LogP contribution in [0.15, 0.2) is 48.5 Å². The molecule has 5 nitrogen and oxygen atoms in total. The minimum Gasteiger partial charge on any atom is -0.448 e. The zero-order chi connectivity index (χ0) is 22.1. The van der Waals surface area contributed by atoms with Gasteiger partial charge in [-0.05, 0) is 41.5 Å². The van der Waals surface area contributed by atoms with E-state index in [1.54, 1.807) is 0 Å². The number of fused-ring (bicyclic) bond motifs is 5. The Morgan fingerprint density at radius 3 is 2.16 bits per heavy atom. The number of amides is 1. The lowest BCUT2D eigenvalue weighted by atomic mass is 9.81. The van der Waals surface area contributed by atoms with Gasteiger partial charge in [0.15, 0.2) is 0 Å². The van der Waals surface area contributed by atoms with Crippen LogP contribution < -0.4 is 0 Å². The maximum Gasteiger partial charge on any atom is 0.410 e. The lowest BCUT2D eigenvalue weighted by Crippen LogP contribution is -2.60. The number of ether oxygens (including phenoxy) is 2. The SMILES string of the molecule is CCCCC(=O)C1CC2COCC(C1)N2C(=O)OCC1c2ccccc2-c2ccccc21. The molecule has 2 aliphatic heterocycles. The van der Waals surface area contributed by atoms with Crippen LogP contribution in [0.5, 0.6) is 0 Å². The molecular weight excluding hydrogens is 402 g/mol. The minimum atomic E-state index is -0.274. The molecule has 1 amide bonds. The van der Waals surface area contributed by atoms with Crippen molar-refractivity contribution in [3.63, 3.8) is 0 Å². The van der Waals surface area contributed by atoms with Gasteiger partial charge >= 0.3 is 6.09 Å². The molecule has 5 rings (SSSR count). The van der Waals surface area contributed by atoms with Crippen molar-refractivity contribution in [2.24, 2.45) is 5.92 Å². The van der Waals surface area contributed by atoms with Gasteiger partial charge in [0.05, 0.1) is 25.3 Å². The van der Waals surface area contributed by atoms with E-state index < -0.39 is 0 Å². The Hall–Kier alpha value is -2.66. The summed E-state index contributed by atoms with van der Waals surface area (Å²) in [5, 5.41) is 0. The number of hydrogen-bond acceptors (Lipinski definition) is 4. The molecule has 2 fully saturated rings. The molecule has 32 heavy (non-hydrogen) atoms. The number of unbranched alkanes of at least 4 members (excludes halogenated alkanes) is 1. The fourth-order valence-electron chi connectivity index (χ4n) is 5.70. The number of rotatable bonds is 6. The molecule has 2 saturated heterocycles. The van der Waals surface area contributed by atoms with Gasteiger partial charge in [-0.1, -0.05) is 61.9 Å². The number of morpholine rings is 1. The summed E-state index contributed by atoms with van der Waals surface area (Å²) in [4.78, 5) is 27.7. The summed E-state index contributed by atoms with van der Waals surface area (Å²) in [7, 11) is 0. The number of carbonyl (C=O) groups excluding carboxylic acids is 2. The third kappa shape index (κ3) is 3.83. The zero-order valence-electron chi connectivity index (χ0n) is 18.7. The van der Waals surface area contributed by atoms with E-state index in [-0.39, 0.29) is 30.0 Å². The Bertz CT molecular complexity index is 943. The van der Waals surface area contributed by atoms with E-state index in [0.717, 1.165) is 12.8 Å². The maximum absolute atomic E-state index is 13.2. The molecule has 2 aromatic rings. The number of hydrogen-bond donors (Lipinski definition) is 0. The normalized spacial score (nSPS) is 24.0. The minimum absolute atomic E-state index is 0.0399. The molecule has 2 heterocycles. The fourth-order valence-corrected chi connectivity index (χ4v) is 5.70. The van der Waals surface area contributed by atoms with Crippen LogP contribution in [-0.2, 0) is 14.3 Å². The molecule has 0 aromatic heterocycles. The summed E-state index contributed by atoms with van der Waals surface area (Å²) in [6.07, 6.45) is 3.71. The van der Waals surface area contributed by atoms with Gasteiger partial charge < -0.3 is 9.47 Å². The van der Waals surface area contributed by atoms with E-state index in [0.29, 0.717) is 44.9 Å². The Morgan fingerprint density at radius 1 is 0.969 bits per heavy atom. The Labute approximate surface area is 189 Å². The molecule has 2 atom stereocenters. The number of nitrogens with zero attached hydrogens (tertiary/aromatic N) is 1. The summed E-state index contributed by atoms with van der Waals surface area (Å²) in [6.45, 7) is 3.40. The van der Waals surface area contributed by atoms with E-state index in [1.165, 1.54) is 22.3 Å². The lowest BCUT2D eigenvalue weighted by Gasteiger charge is -2.47. The zero-order valence-corrected chi connectivity index (χ0v) is 18.7. The smallest absolute Gasteiger partial charge is 0.410 e. The summed E-state index contributed by atoms with van der Waals surface area (Å²) in [5.74, 6) is 0.435. The molecule has 5 heteroatoms. The summed E-state index contributed by atoms with van der Waals surface area (Å²) >= 11 is 0. The monoisotopic (exact) mass is 433 g/mol. The van der Waals surface area contributed by atoms with Gasteiger partial charge in [0, 0.05) is 18.3 Å². The Morgan fingerprint density at radius 2 is 1.56 bits per heavy atom. The highest BCUT2D eigenvalue weighted by molar-refractivity contribution is 5.82. The molecular formula is C27H31NO4. The van der Waals surface area contributed by atoms with E-state index >= 15 is 0 Å². The first-order valence-electron chi connectivity index (χ1n) is 11.9. The first-order valence-corrected chi connectivity index (χ1v) is 11.9. The molecule has 2 aromatic carbocycles. The number of ketones is 1. The molecule has 0 N–H and O–H groups in total. The third-order valence-corrected chi connectivity index (χ3v) is 7.30. The van der Waals surface area contributed by atoms with E-state index in [9.17, 15) is 9.59 Å². The summed E-state index contributed by atoms with van der Waals surface area (Å²) in [6, 6.07) is 16.6. The van der Waals surface area contributed by atoms with E-state index in [2.05, 4.69) is 43.3 Å². The van der Waals surface area contributed by atoms with Gasteiger partial charge in [0.25, 0.3) is 0 Å². The average molecular weight is 434 g/mol. The van der Waals surface area contributed by atoms with E-state index in [1.807, 2.05) is 17.0 Å². The number of carbonyl (C=O) groups is 2. The standard InChI is InChI=1S/C27H31NO4/c1-2-3-12-26(29)18-13-19-15-31-16-20(14-18)28(19)27(30)32-17-25-23-10-6-4-8-21(23)22-9-5-7-11-24(22)25/h4-11,18-20,25H,2-3,12-17H2,1H3. The van der Waals surface area contributed by atoms with Crippen LogP contribution in [0, 0.1) is 5.92 Å². The molecule has 3 aliphatic rings. The van der Waals surface area contributed by atoms with Crippen molar-refractivity contribution in [2.75, 3.05) is 19.8 Å². The van der Waals surface area contributed by atoms with Gasteiger partial charge in [-0.25, -0.2) is 4.79 Å². The van der Waals surface area contributed by atoms with Crippen LogP contribution in [0.3, 0.4) is 0 Å². The average Bonchev–Trinajstić information content (AvgIpc) is 3.14. The molecule has 2 unspecified atom stereocenters. The van der Waals surface area contributed by atoms with Crippen molar-refractivity contribution in [2.45, 2.75) is 57.0 Å². The molecule has 0 spiro atoms. The fraction of sp³-hybridized carbons (Fsp3) is 0.481. The van der Waals surface area contributed by atoms with Crippen LogP contribution in [0.1, 0.15) is 56.1 Å². The van der Waals surface area contributed by atoms with Crippen molar-refractivity contribution in [1.29, 1.82) is 0 Å². The van der Waals surface area contributed by atoms with Crippen LogP contribution in [0.25, 0.3) is 11.1 Å². The summed E-state index contributed by atoms with van der Waals surface area (Å²) in [5.41, 5.74) is 4.87. The molecule has 2 bridgehead atoms. The van der Waals surface area contributed by atoms with Crippen molar-refractivity contribution in [1.82, 2.24) is 4.90 Å². The molecule has 0 radical (unpaired) electrons.